The van der Waals surface area contributed by atoms with Crippen LogP contribution in [0, 0.1) is 4.44 Å². The van der Waals surface area contributed by atoms with E-state index in [1.165, 1.54) is 13.8 Å². The third kappa shape index (κ3) is 10.6. The van der Waals surface area contributed by atoms with Gasteiger partial charge in [-0.05, 0) is 0 Å². The second-order valence-corrected chi connectivity index (χ2v) is 9.25. The SMILES string of the molecule is CC(=O)[O][Sn][CH]C[CH](C)[Sn][O]C(C)=O. The Bertz CT molecular complexity index is 196. The van der Waals surface area contributed by atoms with Crippen LogP contribution >= 0.6 is 0 Å². The molecule has 1 atom stereocenters. The number of hydrogen-bond donors (Lipinski definition) is 0. The van der Waals surface area contributed by atoms with Crippen LogP contribution in [0.4, 0.5) is 0 Å². The molecule has 1 unspecified atom stereocenters. The minimum atomic E-state index is -1.06. The maximum atomic E-state index is 10.5. The van der Waals surface area contributed by atoms with E-state index in [0.717, 1.165) is 6.42 Å². The Morgan fingerprint density at radius 3 is 2.36 bits per heavy atom. The molecular weight excluding hydrogens is 398 g/mol. The van der Waals surface area contributed by atoms with Crippen LogP contribution in [-0.4, -0.2) is 55.1 Å². The molecule has 5 radical (unpaired) electrons. The number of carbonyl (C=O) groups is 2. The average Bonchev–Trinajstić information content (AvgIpc) is 2.08. The fourth-order valence-electron chi connectivity index (χ4n) is 0.581. The molecule has 0 aliphatic heterocycles. The zero-order chi connectivity index (χ0) is 11.0. The number of rotatable bonds is 6. The van der Waals surface area contributed by atoms with Gasteiger partial charge in [0.1, 0.15) is 0 Å². The molecule has 0 aliphatic rings. The first-order valence-electron chi connectivity index (χ1n) is 4.20. The summed E-state index contributed by atoms with van der Waals surface area (Å²) in [4.78, 5) is 21.0. The van der Waals surface area contributed by atoms with Crippen molar-refractivity contribution < 1.29 is 15.7 Å². The van der Waals surface area contributed by atoms with E-state index >= 15 is 0 Å². The van der Waals surface area contributed by atoms with Crippen LogP contribution in [-0.2, 0) is 15.7 Å². The van der Waals surface area contributed by atoms with Gasteiger partial charge in [0.15, 0.2) is 0 Å². The monoisotopic (exact) mass is 413 g/mol. The summed E-state index contributed by atoms with van der Waals surface area (Å²) in [6.45, 7) is 4.93. The van der Waals surface area contributed by atoms with E-state index in [-0.39, 0.29) is 11.9 Å². The number of carbonyl (C=O) groups excluding carboxylic acids is 2. The van der Waals surface area contributed by atoms with Gasteiger partial charge < -0.3 is 0 Å². The molecule has 0 amide bonds. The third-order valence-corrected chi connectivity index (χ3v) is 6.44. The minimum absolute atomic E-state index is 0.177. The Morgan fingerprint density at radius 1 is 1.29 bits per heavy atom. The van der Waals surface area contributed by atoms with Gasteiger partial charge in [-0.3, -0.25) is 0 Å². The molecule has 0 N–H and O–H groups in total. The molecule has 0 saturated carbocycles. The second kappa shape index (κ2) is 8.81. The molecule has 0 spiro atoms. The van der Waals surface area contributed by atoms with E-state index in [9.17, 15) is 9.59 Å². The first-order valence-corrected chi connectivity index (χ1v) is 9.82. The van der Waals surface area contributed by atoms with E-state index in [1.807, 2.05) is 0 Å². The van der Waals surface area contributed by atoms with Gasteiger partial charge in [0.2, 0.25) is 0 Å². The molecule has 0 aromatic carbocycles. The topological polar surface area (TPSA) is 52.6 Å². The summed E-state index contributed by atoms with van der Waals surface area (Å²) < 4.78 is 12.4. The molecule has 6 heteroatoms. The Kier molecular flexibility index (Phi) is 9.15. The standard InChI is InChI=1S/C4H7.2C2H4O2.2Sn/c1-3-4-2;2*1-2(3)4;;/h1,4H,3H2,2H3;2*1H3,(H,3,4);;/q;;;2*+1/p-2. The van der Waals surface area contributed by atoms with Gasteiger partial charge in [-0.25, -0.2) is 0 Å². The molecule has 77 valence electrons. The molecular formula is C8H13O4Sn2. The zero-order valence-electron chi connectivity index (χ0n) is 8.49. The van der Waals surface area contributed by atoms with Crippen LogP contribution in [0.1, 0.15) is 27.2 Å². The molecule has 0 heterocycles. The molecule has 4 nitrogen and oxygen atoms in total. The van der Waals surface area contributed by atoms with Crippen molar-refractivity contribution in [3.63, 3.8) is 0 Å². The van der Waals surface area contributed by atoms with Crippen LogP contribution in [0.15, 0.2) is 0 Å². The average molecular weight is 411 g/mol. The van der Waals surface area contributed by atoms with Crippen molar-refractivity contribution in [3.8, 4) is 0 Å². The first kappa shape index (κ1) is 14.5. The van der Waals surface area contributed by atoms with Crippen LogP contribution in [0.3, 0.4) is 0 Å². The summed E-state index contributed by atoms with van der Waals surface area (Å²) in [6, 6.07) is 0. The predicted octanol–water partition coefficient (Wildman–Crippen LogP) is 0.711. The Morgan fingerprint density at radius 2 is 1.86 bits per heavy atom. The van der Waals surface area contributed by atoms with E-state index in [0.29, 0.717) is 3.93 Å². The molecule has 0 rings (SSSR count). The van der Waals surface area contributed by atoms with Gasteiger partial charge in [0.25, 0.3) is 0 Å². The van der Waals surface area contributed by atoms with Gasteiger partial charge in [-0.1, -0.05) is 0 Å². The summed E-state index contributed by atoms with van der Waals surface area (Å²) in [5, 5.41) is 0. The van der Waals surface area contributed by atoms with Crippen molar-refractivity contribution >= 4 is 55.1 Å². The van der Waals surface area contributed by atoms with Crippen molar-refractivity contribution in [3.05, 3.63) is 4.44 Å². The Labute approximate surface area is 106 Å². The molecule has 0 bridgehead atoms. The second-order valence-electron chi connectivity index (χ2n) is 2.76. The molecule has 0 aromatic heterocycles. The van der Waals surface area contributed by atoms with Crippen molar-refractivity contribution in [1.82, 2.24) is 0 Å². The summed E-state index contributed by atoms with van der Waals surface area (Å²) in [6.07, 6.45) is 0.916. The quantitative estimate of drug-likeness (QED) is 0.478. The van der Waals surface area contributed by atoms with E-state index < -0.39 is 43.1 Å². The van der Waals surface area contributed by atoms with Gasteiger partial charge in [0.05, 0.1) is 0 Å². The predicted molar refractivity (Wildman–Crippen MR) is 53.4 cm³/mol. The van der Waals surface area contributed by atoms with Gasteiger partial charge in [-0.2, -0.15) is 0 Å². The molecule has 0 fully saturated rings. The van der Waals surface area contributed by atoms with Crippen molar-refractivity contribution in [2.75, 3.05) is 0 Å². The number of hydrogen-bond acceptors (Lipinski definition) is 4. The molecule has 14 heavy (non-hydrogen) atoms. The van der Waals surface area contributed by atoms with Crippen molar-refractivity contribution in [2.24, 2.45) is 0 Å². The maximum absolute atomic E-state index is 10.5. The summed E-state index contributed by atoms with van der Waals surface area (Å²) in [5.74, 6) is -0.371. The van der Waals surface area contributed by atoms with E-state index in [2.05, 4.69) is 11.4 Å². The Balaban J connectivity index is 3.30. The van der Waals surface area contributed by atoms with Crippen LogP contribution in [0.25, 0.3) is 0 Å². The summed E-state index contributed by atoms with van der Waals surface area (Å²) in [5.41, 5.74) is 0. The first-order chi connectivity index (χ1) is 6.52. The fraction of sp³-hybridized carbons (Fsp3) is 0.625. The molecule has 0 aliphatic carbocycles. The summed E-state index contributed by atoms with van der Waals surface area (Å²) in [7, 11) is 0. The van der Waals surface area contributed by atoms with Crippen molar-refractivity contribution in [1.29, 1.82) is 0 Å². The fourth-order valence-corrected chi connectivity index (χ4v) is 6.16. The molecule has 0 saturated heterocycles. The normalized spacial score (nSPS) is 11.9. The van der Waals surface area contributed by atoms with E-state index in [4.69, 9.17) is 6.15 Å². The van der Waals surface area contributed by atoms with Gasteiger partial charge in [-0.15, -0.1) is 0 Å². The van der Waals surface area contributed by atoms with Crippen molar-refractivity contribution in [2.45, 2.75) is 31.1 Å². The third-order valence-electron chi connectivity index (χ3n) is 1.16. The van der Waals surface area contributed by atoms with E-state index in [1.54, 1.807) is 0 Å². The van der Waals surface area contributed by atoms with Crippen LogP contribution < -0.4 is 0 Å². The molecule has 0 aromatic rings. The van der Waals surface area contributed by atoms with Crippen LogP contribution in [0.2, 0.25) is 3.93 Å². The van der Waals surface area contributed by atoms with Crippen LogP contribution in [0.5, 0.6) is 0 Å². The zero-order valence-corrected chi connectivity index (χ0v) is 14.2. The van der Waals surface area contributed by atoms with Gasteiger partial charge >= 0.3 is 106 Å². The summed E-state index contributed by atoms with van der Waals surface area (Å²) >= 11 is -2.08. The van der Waals surface area contributed by atoms with Gasteiger partial charge in [0, 0.05) is 0 Å². The Hall–Kier alpha value is 0.537.